The normalized spacial score (nSPS) is 11.1. The molecule has 2 amide bonds. The molecule has 0 spiro atoms. The van der Waals surface area contributed by atoms with E-state index in [1.54, 1.807) is 42.1 Å². The number of nitrogens with one attached hydrogen (secondary N) is 1. The van der Waals surface area contributed by atoms with E-state index < -0.39 is 0 Å². The molecule has 3 rings (SSSR count). The maximum absolute atomic E-state index is 13.2. The minimum atomic E-state index is -0.328. The summed E-state index contributed by atoms with van der Waals surface area (Å²) in [5.41, 5.74) is 3.19. The van der Waals surface area contributed by atoms with Crippen molar-refractivity contribution in [1.29, 1.82) is 0 Å². The van der Waals surface area contributed by atoms with Gasteiger partial charge in [0, 0.05) is 19.8 Å². The predicted molar refractivity (Wildman–Crippen MR) is 114 cm³/mol. The number of rotatable bonds is 5. The number of carbonyl (C=O) groups is 2. The van der Waals surface area contributed by atoms with Crippen molar-refractivity contribution >= 4 is 40.1 Å². The Labute approximate surface area is 174 Å². The summed E-state index contributed by atoms with van der Waals surface area (Å²) < 4.78 is 1.68. The van der Waals surface area contributed by atoms with Crippen molar-refractivity contribution < 1.29 is 9.59 Å². The van der Waals surface area contributed by atoms with Crippen LogP contribution in [0.3, 0.4) is 0 Å². The van der Waals surface area contributed by atoms with Gasteiger partial charge in [-0.25, -0.2) is 4.98 Å². The van der Waals surface area contributed by atoms with Crippen LogP contribution in [-0.4, -0.2) is 45.1 Å². The van der Waals surface area contributed by atoms with Gasteiger partial charge in [-0.15, -0.1) is 0 Å². The average Bonchev–Trinajstić information content (AvgIpc) is 2.96. The first kappa shape index (κ1) is 20.8. The first-order valence-corrected chi connectivity index (χ1v) is 9.71. The van der Waals surface area contributed by atoms with Gasteiger partial charge < -0.3 is 10.2 Å². The number of hydrogen-bond acceptors (Lipinski definition) is 4. The van der Waals surface area contributed by atoms with Gasteiger partial charge in [0.25, 0.3) is 5.91 Å². The van der Waals surface area contributed by atoms with Gasteiger partial charge in [-0.2, -0.15) is 5.10 Å². The molecule has 1 aromatic carbocycles. The van der Waals surface area contributed by atoms with E-state index in [0.29, 0.717) is 27.3 Å². The van der Waals surface area contributed by atoms with Crippen LogP contribution in [0.2, 0.25) is 5.02 Å². The highest BCUT2D eigenvalue weighted by Crippen LogP contribution is 2.26. The number of aryl methyl sites for hydroxylation is 2. The Morgan fingerprint density at radius 3 is 2.62 bits per heavy atom. The molecule has 29 heavy (non-hydrogen) atoms. The molecule has 0 saturated heterocycles. The molecular weight excluding hydrogens is 390 g/mol. The Balaban J connectivity index is 1.88. The van der Waals surface area contributed by atoms with Crippen LogP contribution in [0.15, 0.2) is 30.3 Å². The number of aromatic nitrogens is 3. The van der Waals surface area contributed by atoms with E-state index in [9.17, 15) is 9.59 Å². The SMILES string of the molecule is Cc1nn(C)c2nc(C(C)C)cc(C(=O)N(C)CC(=O)Nc3ccccc3Cl)c12. The van der Waals surface area contributed by atoms with Crippen LogP contribution in [0, 0.1) is 6.92 Å². The summed E-state index contributed by atoms with van der Waals surface area (Å²) in [5.74, 6) is -0.439. The molecule has 0 aliphatic rings. The van der Waals surface area contributed by atoms with Crippen molar-refractivity contribution in [3.8, 4) is 0 Å². The van der Waals surface area contributed by atoms with Crippen LogP contribution in [0.25, 0.3) is 11.0 Å². The number of amides is 2. The Bertz CT molecular complexity index is 1090. The lowest BCUT2D eigenvalue weighted by atomic mass is 10.0. The first-order chi connectivity index (χ1) is 13.7. The van der Waals surface area contributed by atoms with Gasteiger partial charge in [0.2, 0.25) is 5.91 Å². The number of pyridine rings is 1. The van der Waals surface area contributed by atoms with Gasteiger partial charge in [0.05, 0.1) is 33.9 Å². The molecule has 152 valence electrons. The number of benzene rings is 1. The summed E-state index contributed by atoms with van der Waals surface area (Å²) in [6.07, 6.45) is 0. The second-order valence-corrected chi connectivity index (χ2v) is 7.75. The smallest absolute Gasteiger partial charge is 0.254 e. The molecule has 1 N–H and O–H groups in total. The molecule has 7 nitrogen and oxygen atoms in total. The number of para-hydroxylation sites is 1. The standard InChI is InChI=1S/C21H24ClN5O2/c1-12(2)17-10-14(19-13(3)25-27(5)20(19)24-17)21(29)26(4)11-18(28)23-16-9-7-6-8-15(16)22/h6-10,12H,11H2,1-5H3,(H,23,28). The van der Waals surface area contributed by atoms with Gasteiger partial charge in [-0.1, -0.05) is 37.6 Å². The van der Waals surface area contributed by atoms with Gasteiger partial charge in [-0.05, 0) is 31.0 Å². The third-order valence-corrected chi connectivity index (χ3v) is 5.02. The number of nitrogens with zero attached hydrogens (tertiary/aromatic N) is 4. The number of anilines is 1. The molecule has 0 unspecified atom stereocenters. The minimum absolute atomic E-state index is 0.107. The largest absolute Gasteiger partial charge is 0.332 e. The Morgan fingerprint density at radius 2 is 1.97 bits per heavy atom. The monoisotopic (exact) mass is 413 g/mol. The topological polar surface area (TPSA) is 80.1 Å². The Hall–Kier alpha value is -2.93. The van der Waals surface area contributed by atoms with E-state index in [1.165, 1.54) is 4.90 Å². The molecule has 0 aliphatic heterocycles. The third kappa shape index (κ3) is 4.24. The Kier molecular flexibility index (Phi) is 5.88. The van der Waals surface area contributed by atoms with Gasteiger partial charge in [0.1, 0.15) is 0 Å². The zero-order valence-electron chi connectivity index (χ0n) is 17.2. The molecule has 2 heterocycles. The second-order valence-electron chi connectivity index (χ2n) is 7.35. The number of likely N-dealkylation sites (N-methyl/N-ethyl adjacent to an activating group) is 1. The number of carbonyl (C=O) groups excluding carboxylic acids is 2. The maximum Gasteiger partial charge on any atom is 0.254 e. The number of hydrogen-bond donors (Lipinski definition) is 1. The quantitative estimate of drug-likeness (QED) is 0.690. The van der Waals surface area contributed by atoms with Gasteiger partial charge in [-0.3, -0.25) is 14.3 Å². The third-order valence-electron chi connectivity index (χ3n) is 4.69. The van der Waals surface area contributed by atoms with Crippen molar-refractivity contribution in [2.45, 2.75) is 26.7 Å². The summed E-state index contributed by atoms with van der Waals surface area (Å²) >= 11 is 6.08. The minimum Gasteiger partial charge on any atom is -0.332 e. The fourth-order valence-corrected chi connectivity index (χ4v) is 3.36. The highest BCUT2D eigenvalue weighted by atomic mass is 35.5. The van der Waals surface area contributed by atoms with Crippen molar-refractivity contribution in [1.82, 2.24) is 19.7 Å². The number of fused-ring (bicyclic) bond motifs is 1. The highest BCUT2D eigenvalue weighted by molar-refractivity contribution is 6.33. The highest BCUT2D eigenvalue weighted by Gasteiger charge is 2.23. The lowest BCUT2D eigenvalue weighted by Crippen LogP contribution is -2.35. The average molecular weight is 414 g/mol. The van der Waals surface area contributed by atoms with Gasteiger partial charge >= 0.3 is 0 Å². The lowest BCUT2D eigenvalue weighted by molar-refractivity contribution is -0.116. The van der Waals surface area contributed by atoms with Crippen molar-refractivity contribution in [2.24, 2.45) is 7.05 Å². The van der Waals surface area contributed by atoms with Crippen molar-refractivity contribution in [2.75, 3.05) is 18.9 Å². The van der Waals surface area contributed by atoms with E-state index in [1.807, 2.05) is 27.8 Å². The van der Waals surface area contributed by atoms with Crippen LogP contribution >= 0.6 is 11.6 Å². The zero-order valence-corrected chi connectivity index (χ0v) is 17.9. The molecule has 0 bridgehead atoms. The molecule has 3 aromatic rings. The second kappa shape index (κ2) is 8.21. The van der Waals surface area contributed by atoms with E-state index in [2.05, 4.69) is 15.4 Å². The van der Waals surface area contributed by atoms with E-state index in [0.717, 1.165) is 11.4 Å². The molecular formula is C21H24ClN5O2. The Morgan fingerprint density at radius 1 is 1.28 bits per heavy atom. The van der Waals surface area contributed by atoms with E-state index in [4.69, 9.17) is 11.6 Å². The molecule has 0 aliphatic carbocycles. The zero-order chi connectivity index (χ0) is 21.3. The molecule has 0 atom stereocenters. The predicted octanol–water partition coefficient (Wildman–Crippen LogP) is 3.76. The fraction of sp³-hybridized carbons (Fsp3) is 0.333. The summed E-state index contributed by atoms with van der Waals surface area (Å²) in [5, 5.41) is 8.30. The van der Waals surface area contributed by atoms with Crippen LogP contribution in [-0.2, 0) is 11.8 Å². The van der Waals surface area contributed by atoms with E-state index in [-0.39, 0.29) is 24.3 Å². The molecule has 0 saturated carbocycles. The fourth-order valence-electron chi connectivity index (χ4n) is 3.17. The maximum atomic E-state index is 13.2. The summed E-state index contributed by atoms with van der Waals surface area (Å²) in [4.78, 5) is 31.7. The lowest BCUT2D eigenvalue weighted by Gasteiger charge is -2.19. The van der Waals surface area contributed by atoms with Crippen LogP contribution in [0.1, 0.15) is 41.5 Å². The number of halogens is 1. The summed E-state index contributed by atoms with van der Waals surface area (Å²) in [6.45, 7) is 5.78. The van der Waals surface area contributed by atoms with Crippen LogP contribution < -0.4 is 5.32 Å². The molecule has 0 fully saturated rings. The molecule has 0 radical (unpaired) electrons. The first-order valence-electron chi connectivity index (χ1n) is 9.33. The molecule has 8 heteroatoms. The van der Waals surface area contributed by atoms with Crippen molar-refractivity contribution in [3.05, 3.63) is 52.3 Å². The van der Waals surface area contributed by atoms with E-state index >= 15 is 0 Å². The van der Waals surface area contributed by atoms with Crippen molar-refractivity contribution in [3.63, 3.8) is 0 Å². The summed E-state index contributed by atoms with van der Waals surface area (Å²) in [6, 6.07) is 8.76. The van der Waals surface area contributed by atoms with Crippen LogP contribution in [0.4, 0.5) is 5.69 Å². The van der Waals surface area contributed by atoms with Gasteiger partial charge in [0.15, 0.2) is 5.65 Å². The molecule has 2 aromatic heterocycles. The van der Waals surface area contributed by atoms with Crippen LogP contribution in [0.5, 0.6) is 0 Å². The summed E-state index contributed by atoms with van der Waals surface area (Å²) in [7, 11) is 3.41.